The van der Waals surface area contributed by atoms with E-state index < -0.39 is 0 Å². The number of benzene rings is 2. The fourth-order valence-corrected chi connectivity index (χ4v) is 5.52. The van der Waals surface area contributed by atoms with E-state index in [0.29, 0.717) is 11.7 Å². The number of nitrogens with one attached hydrogen (secondary N) is 2. The Balaban J connectivity index is 1.10. The van der Waals surface area contributed by atoms with E-state index in [1.54, 1.807) is 0 Å². The lowest BCUT2D eigenvalue weighted by Crippen LogP contribution is -2.35. The summed E-state index contributed by atoms with van der Waals surface area (Å²) in [6.07, 6.45) is 5.05. The number of piperidine rings is 1. The molecule has 0 aromatic heterocycles. The van der Waals surface area contributed by atoms with Gasteiger partial charge in [-0.05, 0) is 68.3 Å². The Morgan fingerprint density at radius 1 is 1.03 bits per heavy atom. The number of nitrogens with zero attached hydrogens (tertiary/aromatic N) is 1. The maximum absolute atomic E-state index is 12.5. The van der Waals surface area contributed by atoms with Crippen molar-refractivity contribution in [2.75, 3.05) is 30.7 Å². The first-order valence-corrected chi connectivity index (χ1v) is 12.8. The van der Waals surface area contributed by atoms with Crippen molar-refractivity contribution in [1.82, 2.24) is 10.2 Å². The Morgan fingerprint density at radius 2 is 1.78 bits per heavy atom. The maximum atomic E-state index is 12.5. The Kier molecular flexibility index (Phi) is 8.24. The van der Waals surface area contributed by atoms with Crippen LogP contribution in [0, 0.1) is 5.92 Å². The van der Waals surface area contributed by atoms with E-state index in [1.165, 1.54) is 35.7 Å². The summed E-state index contributed by atoms with van der Waals surface area (Å²) in [5.74, 6) is 1.06. The Hall–Kier alpha value is -2.31. The van der Waals surface area contributed by atoms with Crippen LogP contribution in [0.25, 0.3) is 0 Å². The van der Waals surface area contributed by atoms with Crippen LogP contribution in [0.1, 0.15) is 36.8 Å². The van der Waals surface area contributed by atoms with Crippen molar-refractivity contribution in [2.24, 2.45) is 5.92 Å². The van der Waals surface area contributed by atoms with Gasteiger partial charge in [0.2, 0.25) is 11.8 Å². The molecule has 0 radical (unpaired) electrons. The van der Waals surface area contributed by atoms with Gasteiger partial charge >= 0.3 is 0 Å². The van der Waals surface area contributed by atoms with Gasteiger partial charge in [-0.1, -0.05) is 48.5 Å². The lowest BCUT2D eigenvalue weighted by Gasteiger charge is -2.32. The van der Waals surface area contributed by atoms with Gasteiger partial charge in [-0.25, -0.2) is 0 Å². The number of aryl methyl sites for hydroxylation is 1. The number of likely N-dealkylation sites (tertiary alicyclic amines) is 1. The second-order valence-electron chi connectivity index (χ2n) is 8.83. The molecule has 2 aromatic carbocycles. The fraction of sp³-hybridized carbons (Fsp3) is 0.462. The molecule has 0 saturated carbocycles. The first-order valence-electron chi connectivity index (χ1n) is 11.7. The molecule has 170 valence electrons. The van der Waals surface area contributed by atoms with Crippen LogP contribution in [0.2, 0.25) is 0 Å². The monoisotopic (exact) mass is 451 g/mol. The van der Waals surface area contributed by atoms with Crippen LogP contribution in [0.15, 0.2) is 54.6 Å². The standard InChI is InChI=1S/C26H33N3O2S/c30-25(19-32-24-11-10-22-8-4-5-9-23(22)28-26(24)31)27-15-12-20-13-16-29(17-14-20)18-21-6-2-1-3-7-21/h1-9,20,24H,10-19H2,(H,27,30)(H,28,31)/t24-/m0/s1. The zero-order valence-electron chi connectivity index (χ0n) is 18.6. The highest BCUT2D eigenvalue weighted by atomic mass is 32.2. The van der Waals surface area contributed by atoms with E-state index in [9.17, 15) is 9.59 Å². The first-order chi connectivity index (χ1) is 15.7. The average molecular weight is 452 g/mol. The number of fused-ring (bicyclic) bond motifs is 1. The second kappa shape index (κ2) is 11.5. The molecule has 0 unspecified atom stereocenters. The van der Waals surface area contributed by atoms with Gasteiger partial charge in [-0.2, -0.15) is 0 Å². The Bertz CT molecular complexity index is 897. The van der Waals surface area contributed by atoms with Crippen LogP contribution >= 0.6 is 11.8 Å². The molecule has 2 aromatic rings. The third kappa shape index (κ3) is 6.59. The van der Waals surface area contributed by atoms with E-state index in [-0.39, 0.29) is 17.1 Å². The van der Waals surface area contributed by atoms with Crippen molar-refractivity contribution in [1.29, 1.82) is 0 Å². The molecule has 2 aliphatic heterocycles. The van der Waals surface area contributed by atoms with Crippen LogP contribution in [-0.2, 0) is 22.6 Å². The van der Waals surface area contributed by atoms with E-state index >= 15 is 0 Å². The number of carbonyl (C=O) groups is 2. The molecule has 0 bridgehead atoms. The van der Waals surface area contributed by atoms with Gasteiger partial charge in [0.25, 0.3) is 0 Å². The lowest BCUT2D eigenvalue weighted by molar-refractivity contribution is -0.118. The summed E-state index contributed by atoms with van der Waals surface area (Å²) in [5.41, 5.74) is 3.45. The molecular weight excluding hydrogens is 418 g/mol. The zero-order valence-corrected chi connectivity index (χ0v) is 19.4. The number of rotatable bonds is 8. The number of amides is 2. The van der Waals surface area contributed by atoms with Gasteiger partial charge in [0.15, 0.2) is 0 Å². The minimum atomic E-state index is -0.179. The molecule has 32 heavy (non-hydrogen) atoms. The predicted molar refractivity (Wildman–Crippen MR) is 132 cm³/mol. The minimum absolute atomic E-state index is 0.00927. The molecule has 1 saturated heterocycles. The number of hydrogen-bond acceptors (Lipinski definition) is 4. The van der Waals surface area contributed by atoms with Crippen molar-refractivity contribution < 1.29 is 9.59 Å². The molecular formula is C26H33N3O2S. The summed E-state index contributed by atoms with van der Waals surface area (Å²) in [4.78, 5) is 27.3. The average Bonchev–Trinajstić information content (AvgIpc) is 2.97. The van der Waals surface area contributed by atoms with E-state index in [0.717, 1.165) is 51.1 Å². The van der Waals surface area contributed by atoms with E-state index in [1.807, 2.05) is 18.2 Å². The highest BCUT2D eigenvalue weighted by molar-refractivity contribution is 8.01. The van der Waals surface area contributed by atoms with Crippen LogP contribution in [-0.4, -0.2) is 47.4 Å². The van der Waals surface area contributed by atoms with Crippen molar-refractivity contribution in [3.05, 3.63) is 65.7 Å². The molecule has 2 aliphatic rings. The van der Waals surface area contributed by atoms with Crippen LogP contribution in [0.5, 0.6) is 0 Å². The van der Waals surface area contributed by atoms with Gasteiger partial charge in [-0.15, -0.1) is 11.8 Å². The summed E-state index contributed by atoms with van der Waals surface area (Å²) in [6, 6.07) is 18.6. The molecule has 0 aliphatic carbocycles. The van der Waals surface area contributed by atoms with Crippen molar-refractivity contribution in [3.8, 4) is 0 Å². The largest absolute Gasteiger partial charge is 0.355 e. The molecule has 2 amide bonds. The SMILES string of the molecule is O=C(CS[C@H]1CCc2ccccc2NC1=O)NCCC1CCN(Cc2ccccc2)CC1. The summed E-state index contributed by atoms with van der Waals surface area (Å²) in [7, 11) is 0. The Labute approximate surface area is 195 Å². The number of anilines is 1. The molecule has 2 heterocycles. The highest BCUT2D eigenvalue weighted by Crippen LogP contribution is 2.27. The predicted octanol–water partition coefficient (Wildman–Crippen LogP) is 4.09. The van der Waals surface area contributed by atoms with Gasteiger partial charge in [0, 0.05) is 18.8 Å². The normalized spacial score (nSPS) is 19.6. The topological polar surface area (TPSA) is 61.4 Å². The van der Waals surface area contributed by atoms with Crippen molar-refractivity contribution in [3.63, 3.8) is 0 Å². The summed E-state index contributed by atoms with van der Waals surface area (Å²) in [6.45, 7) is 4.01. The molecule has 2 N–H and O–H groups in total. The smallest absolute Gasteiger partial charge is 0.237 e. The van der Waals surface area contributed by atoms with Gasteiger partial charge < -0.3 is 10.6 Å². The van der Waals surface area contributed by atoms with Crippen LogP contribution < -0.4 is 10.6 Å². The summed E-state index contributed by atoms with van der Waals surface area (Å²) < 4.78 is 0. The number of para-hydroxylation sites is 1. The maximum Gasteiger partial charge on any atom is 0.237 e. The highest BCUT2D eigenvalue weighted by Gasteiger charge is 2.25. The molecule has 1 fully saturated rings. The third-order valence-corrected chi connectivity index (χ3v) is 7.77. The molecule has 1 atom stereocenters. The van der Waals surface area contributed by atoms with Crippen molar-refractivity contribution in [2.45, 2.75) is 43.9 Å². The molecule has 5 nitrogen and oxygen atoms in total. The van der Waals surface area contributed by atoms with Gasteiger partial charge in [0.1, 0.15) is 0 Å². The number of thioether (sulfide) groups is 1. The van der Waals surface area contributed by atoms with E-state index in [4.69, 9.17) is 0 Å². The second-order valence-corrected chi connectivity index (χ2v) is 10.0. The quantitative estimate of drug-likeness (QED) is 0.635. The molecule has 0 spiro atoms. The van der Waals surface area contributed by atoms with Gasteiger partial charge in [0.05, 0.1) is 11.0 Å². The lowest BCUT2D eigenvalue weighted by atomic mass is 9.93. The first kappa shape index (κ1) is 22.9. The fourth-order valence-electron chi connectivity index (χ4n) is 4.57. The minimum Gasteiger partial charge on any atom is -0.355 e. The van der Waals surface area contributed by atoms with Crippen LogP contribution in [0.3, 0.4) is 0 Å². The van der Waals surface area contributed by atoms with Crippen LogP contribution in [0.4, 0.5) is 5.69 Å². The zero-order chi connectivity index (χ0) is 22.2. The number of hydrogen-bond donors (Lipinski definition) is 2. The molecule has 4 rings (SSSR count). The molecule has 6 heteroatoms. The summed E-state index contributed by atoms with van der Waals surface area (Å²) in [5, 5.41) is 5.89. The summed E-state index contributed by atoms with van der Waals surface area (Å²) >= 11 is 1.45. The Morgan fingerprint density at radius 3 is 2.59 bits per heavy atom. The third-order valence-electron chi connectivity index (χ3n) is 6.49. The van der Waals surface area contributed by atoms with E-state index in [2.05, 4.69) is 51.9 Å². The van der Waals surface area contributed by atoms with Crippen molar-refractivity contribution >= 4 is 29.3 Å². The van der Waals surface area contributed by atoms with Gasteiger partial charge in [-0.3, -0.25) is 14.5 Å². The number of carbonyl (C=O) groups excluding carboxylic acids is 2.